The predicted octanol–water partition coefficient (Wildman–Crippen LogP) is 3.78. The van der Waals surface area contributed by atoms with Crippen molar-refractivity contribution in [3.05, 3.63) is 58.7 Å². The second-order valence-electron chi connectivity index (χ2n) is 7.78. The standard InChI is InChI=1S/C21H23N5S/c1-15-22-12-17-5-7-21(19(17)25-15)6-3-8-26(14-21)13-16-10-23-20(24-11-16)18-4-2-9-27-18/h2,4,9-12H,3,5-8,13-14H2,1H3. The molecule has 5 nitrogen and oxygen atoms in total. The molecule has 0 bridgehead atoms. The zero-order chi connectivity index (χ0) is 18.3. The Balaban J connectivity index is 1.33. The molecule has 1 aliphatic carbocycles. The smallest absolute Gasteiger partial charge is 0.169 e. The van der Waals surface area contributed by atoms with Crippen LogP contribution < -0.4 is 0 Å². The van der Waals surface area contributed by atoms with Gasteiger partial charge < -0.3 is 0 Å². The molecule has 1 unspecified atom stereocenters. The van der Waals surface area contributed by atoms with E-state index < -0.39 is 0 Å². The molecule has 138 valence electrons. The van der Waals surface area contributed by atoms with Gasteiger partial charge in [-0.3, -0.25) is 4.90 Å². The molecule has 0 aromatic carbocycles. The summed E-state index contributed by atoms with van der Waals surface area (Å²) in [6, 6.07) is 4.10. The van der Waals surface area contributed by atoms with Crippen LogP contribution >= 0.6 is 11.3 Å². The summed E-state index contributed by atoms with van der Waals surface area (Å²) in [5.41, 5.74) is 4.05. The van der Waals surface area contributed by atoms with E-state index in [0.717, 1.165) is 42.6 Å². The van der Waals surface area contributed by atoms with E-state index in [2.05, 4.69) is 31.3 Å². The van der Waals surface area contributed by atoms with Gasteiger partial charge in [-0.15, -0.1) is 11.3 Å². The lowest BCUT2D eigenvalue weighted by Crippen LogP contribution is -2.45. The number of rotatable bonds is 3. The van der Waals surface area contributed by atoms with Crippen LogP contribution in [0.2, 0.25) is 0 Å². The second kappa shape index (κ2) is 6.77. The molecule has 1 atom stereocenters. The zero-order valence-corrected chi connectivity index (χ0v) is 16.4. The van der Waals surface area contributed by atoms with Gasteiger partial charge in [0.15, 0.2) is 5.82 Å². The first-order valence-electron chi connectivity index (χ1n) is 9.62. The number of aryl methyl sites for hydroxylation is 2. The Bertz CT molecular complexity index is 934. The van der Waals surface area contributed by atoms with E-state index in [0.29, 0.717) is 0 Å². The van der Waals surface area contributed by atoms with Gasteiger partial charge in [-0.25, -0.2) is 19.9 Å². The topological polar surface area (TPSA) is 54.8 Å². The number of nitrogens with zero attached hydrogens (tertiary/aromatic N) is 5. The average molecular weight is 378 g/mol. The van der Waals surface area contributed by atoms with Crippen LogP contribution in [0.3, 0.4) is 0 Å². The minimum atomic E-state index is 0.207. The van der Waals surface area contributed by atoms with Crippen molar-refractivity contribution < 1.29 is 0 Å². The quantitative estimate of drug-likeness (QED) is 0.695. The van der Waals surface area contributed by atoms with Crippen LogP contribution in [-0.4, -0.2) is 37.9 Å². The monoisotopic (exact) mass is 377 g/mol. The summed E-state index contributed by atoms with van der Waals surface area (Å²) < 4.78 is 0. The number of likely N-dealkylation sites (tertiary alicyclic amines) is 1. The molecule has 6 heteroatoms. The molecular formula is C21H23N5S. The Morgan fingerprint density at radius 1 is 1.15 bits per heavy atom. The number of hydrogen-bond acceptors (Lipinski definition) is 6. The number of aromatic nitrogens is 4. The minimum Gasteiger partial charge on any atom is -0.298 e. The van der Waals surface area contributed by atoms with Crippen LogP contribution in [0.25, 0.3) is 10.7 Å². The third-order valence-electron chi connectivity index (χ3n) is 5.87. The van der Waals surface area contributed by atoms with Crippen molar-refractivity contribution in [2.24, 2.45) is 0 Å². The fraction of sp³-hybridized carbons (Fsp3) is 0.429. The first kappa shape index (κ1) is 17.0. The van der Waals surface area contributed by atoms with Gasteiger partial charge in [0.1, 0.15) is 5.82 Å². The molecular weight excluding hydrogens is 354 g/mol. The second-order valence-corrected chi connectivity index (χ2v) is 8.73. The molecule has 5 rings (SSSR count). The Hall–Kier alpha value is -2.18. The fourth-order valence-electron chi connectivity index (χ4n) is 4.62. The summed E-state index contributed by atoms with van der Waals surface area (Å²) >= 11 is 1.68. The van der Waals surface area contributed by atoms with Crippen LogP contribution in [0, 0.1) is 6.92 Å². The third kappa shape index (κ3) is 3.17. The molecule has 4 heterocycles. The van der Waals surface area contributed by atoms with Crippen molar-refractivity contribution in [1.82, 2.24) is 24.8 Å². The highest BCUT2D eigenvalue weighted by Crippen LogP contribution is 2.44. The Labute approximate surface area is 163 Å². The average Bonchev–Trinajstić information content (AvgIpc) is 3.33. The maximum Gasteiger partial charge on any atom is 0.169 e. The molecule has 3 aromatic rings. The van der Waals surface area contributed by atoms with Crippen LogP contribution in [-0.2, 0) is 18.4 Å². The molecule has 1 fully saturated rings. The Morgan fingerprint density at radius 3 is 2.85 bits per heavy atom. The van der Waals surface area contributed by atoms with Gasteiger partial charge in [0, 0.05) is 42.7 Å². The van der Waals surface area contributed by atoms with Crippen molar-refractivity contribution in [2.75, 3.05) is 13.1 Å². The highest BCUT2D eigenvalue weighted by atomic mass is 32.1. The molecule has 27 heavy (non-hydrogen) atoms. The van der Waals surface area contributed by atoms with E-state index in [4.69, 9.17) is 4.98 Å². The van der Waals surface area contributed by atoms with Crippen LogP contribution in [0.5, 0.6) is 0 Å². The summed E-state index contributed by atoms with van der Waals surface area (Å²) in [5.74, 6) is 1.71. The largest absolute Gasteiger partial charge is 0.298 e. The van der Waals surface area contributed by atoms with Crippen LogP contribution in [0.1, 0.15) is 41.9 Å². The molecule has 1 spiro atoms. The number of piperidine rings is 1. The van der Waals surface area contributed by atoms with Gasteiger partial charge in [0.05, 0.1) is 10.6 Å². The Morgan fingerprint density at radius 2 is 2.04 bits per heavy atom. The maximum absolute atomic E-state index is 4.85. The number of hydrogen-bond donors (Lipinski definition) is 0. The summed E-state index contributed by atoms with van der Waals surface area (Å²) in [6.45, 7) is 5.11. The van der Waals surface area contributed by atoms with Gasteiger partial charge in [-0.05, 0) is 56.2 Å². The highest BCUT2D eigenvalue weighted by molar-refractivity contribution is 7.13. The van der Waals surface area contributed by atoms with Crippen molar-refractivity contribution in [2.45, 2.75) is 44.6 Å². The van der Waals surface area contributed by atoms with Crippen molar-refractivity contribution in [1.29, 1.82) is 0 Å². The lowest BCUT2D eigenvalue weighted by atomic mass is 9.77. The fourth-order valence-corrected chi connectivity index (χ4v) is 5.29. The van der Waals surface area contributed by atoms with E-state index in [1.807, 2.05) is 31.6 Å². The van der Waals surface area contributed by atoms with Gasteiger partial charge in [0.25, 0.3) is 0 Å². The summed E-state index contributed by atoms with van der Waals surface area (Å²) in [5, 5.41) is 2.06. The Kier molecular flexibility index (Phi) is 4.25. The lowest BCUT2D eigenvalue weighted by molar-refractivity contribution is 0.136. The van der Waals surface area contributed by atoms with Crippen molar-refractivity contribution in [3.63, 3.8) is 0 Å². The molecule has 0 amide bonds. The number of thiophene rings is 1. The first-order valence-corrected chi connectivity index (χ1v) is 10.5. The van der Waals surface area contributed by atoms with Crippen molar-refractivity contribution >= 4 is 11.3 Å². The summed E-state index contributed by atoms with van der Waals surface area (Å²) in [7, 11) is 0. The third-order valence-corrected chi connectivity index (χ3v) is 6.74. The van der Waals surface area contributed by atoms with Crippen molar-refractivity contribution in [3.8, 4) is 10.7 Å². The van der Waals surface area contributed by atoms with E-state index in [1.54, 1.807) is 11.3 Å². The number of fused-ring (bicyclic) bond motifs is 2. The molecule has 1 aliphatic heterocycles. The SMILES string of the molecule is Cc1ncc2c(n1)C1(CCCN(Cc3cnc(-c4cccs4)nc3)C1)CC2. The summed E-state index contributed by atoms with van der Waals surface area (Å²) in [4.78, 5) is 22.1. The normalized spacial score (nSPS) is 22.3. The van der Waals surface area contributed by atoms with Gasteiger partial charge in [-0.2, -0.15) is 0 Å². The van der Waals surface area contributed by atoms with E-state index in [1.165, 1.54) is 36.1 Å². The van der Waals surface area contributed by atoms with E-state index in [-0.39, 0.29) is 5.41 Å². The molecule has 1 saturated heterocycles. The molecule has 3 aromatic heterocycles. The van der Waals surface area contributed by atoms with Gasteiger partial charge in [0.2, 0.25) is 0 Å². The van der Waals surface area contributed by atoms with Gasteiger partial charge >= 0.3 is 0 Å². The van der Waals surface area contributed by atoms with Gasteiger partial charge in [-0.1, -0.05) is 6.07 Å². The van der Waals surface area contributed by atoms with Crippen LogP contribution in [0.4, 0.5) is 0 Å². The molecule has 0 saturated carbocycles. The maximum atomic E-state index is 4.85. The minimum absolute atomic E-state index is 0.207. The van der Waals surface area contributed by atoms with Crippen LogP contribution in [0.15, 0.2) is 36.1 Å². The van der Waals surface area contributed by atoms with E-state index >= 15 is 0 Å². The zero-order valence-electron chi connectivity index (χ0n) is 15.6. The molecule has 0 N–H and O–H groups in total. The molecule has 0 radical (unpaired) electrons. The predicted molar refractivity (Wildman–Crippen MR) is 107 cm³/mol. The highest BCUT2D eigenvalue weighted by Gasteiger charge is 2.43. The lowest BCUT2D eigenvalue weighted by Gasteiger charge is -2.40. The first-order chi connectivity index (χ1) is 13.2. The molecule has 2 aliphatic rings. The summed E-state index contributed by atoms with van der Waals surface area (Å²) in [6.07, 6.45) is 10.8. The van der Waals surface area contributed by atoms with E-state index in [9.17, 15) is 0 Å².